The molecule has 2 fully saturated rings. The first-order valence-electron chi connectivity index (χ1n) is 11.0. The second kappa shape index (κ2) is 9.99. The second-order valence-corrected chi connectivity index (χ2v) is 8.24. The highest BCUT2D eigenvalue weighted by atomic mass is 16.2. The van der Waals surface area contributed by atoms with Crippen LogP contribution in [0.15, 0.2) is 12.5 Å². The number of amides is 2. The molecule has 0 bridgehead atoms. The number of nitrogens with zero attached hydrogens (tertiary/aromatic N) is 3. The van der Waals surface area contributed by atoms with Gasteiger partial charge in [-0.2, -0.15) is 0 Å². The Kier molecular flexibility index (Phi) is 7.40. The fourth-order valence-corrected chi connectivity index (χ4v) is 4.73. The molecular formula is C22H34N4O2. The number of hydrogen-bond donors (Lipinski definition) is 1. The number of carbonyl (C=O) groups is 2. The smallest absolute Gasteiger partial charge is 0.257 e. The molecule has 0 radical (unpaired) electrons. The van der Waals surface area contributed by atoms with Crippen molar-refractivity contribution >= 4 is 11.8 Å². The Morgan fingerprint density at radius 2 is 1.75 bits per heavy atom. The van der Waals surface area contributed by atoms with E-state index in [9.17, 15) is 9.59 Å². The van der Waals surface area contributed by atoms with Gasteiger partial charge in [0.25, 0.3) is 5.91 Å². The van der Waals surface area contributed by atoms with Gasteiger partial charge in [0.05, 0.1) is 11.3 Å². The molecule has 0 aliphatic heterocycles. The molecule has 154 valence electrons. The predicted molar refractivity (Wildman–Crippen MR) is 109 cm³/mol. The Hall–Kier alpha value is -1.98. The molecule has 3 rings (SSSR count). The summed E-state index contributed by atoms with van der Waals surface area (Å²) in [5, 5.41) is 3.18. The number of nitrogens with one attached hydrogen (secondary N) is 1. The Balaban J connectivity index is 1.55. The monoisotopic (exact) mass is 386 g/mol. The van der Waals surface area contributed by atoms with Crippen LogP contribution in [0.25, 0.3) is 0 Å². The van der Waals surface area contributed by atoms with Gasteiger partial charge in [0.2, 0.25) is 5.91 Å². The highest BCUT2D eigenvalue weighted by molar-refractivity contribution is 5.95. The Morgan fingerprint density at radius 3 is 2.39 bits per heavy atom. The van der Waals surface area contributed by atoms with E-state index in [1.54, 1.807) is 12.5 Å². The zero-order valence-electron chi connectivity index (χ0n) is 17.3. The van der Waals surface area contributed by atoms with Crippen LogP contribution in [0, 0.1) is 11.8 Å². The molecule has 2 aliphatic rings. The fraction of sp³-hybridized carbons (Fsp3) is 0.727. The van der Waals surface area contributed by atoms with Gasteiger partial charge in [-0.1, -0.05) is 12.8 Å². The quantitative estimate of drug-likeness (QED) is 0.778. The van der Waals surface area contributed by atoms with Crippen LogP contribution >= 0.6 is 0 Å². The normalized spacial score (nSPS) is 22.8. The van der Waals surface area contributed by atoms with Gasteiger partial charge in [-0.05, 0) is 58.3 Å². The van der Waals surface area contributed by atoms with Crippen molar-refractivity contribution < 1.29 is 9.59 Å². The first kappa shape index (κ1) is 20.7. The van der Waals surface area contributed by atoms with Gasteiger partial charge in [0.15, 0.2) is 0 Å². The third-order valence-electron chi connectivity index (χ3n) is 6.55. The van der Waals surface area contributed by atoms with Crippen LogP contribution in [0.1, 0.15) is 87.2 Å². The molecule has 6 nitrogen and oxygen atoms in total. The Labute approximate surface area is 168 Å². The second-order valence-electron chi connectivity index (χ2n) is 8.24. The lowest BCUT2D eigenvalue weighted by Crippen LogP contribution is -2.35. The van der Waals surface area contributed by atoms with Crippen molar-refractivity contribution in [3.05, 3.63) is 23.8 Å². The lowest BCUT2D eigenvalue weighted by Gasteiger charge is -2.30. The first-order chi connectivity index (χ1) is 13.6. The molecule has 1 N–H and O–H groups in total. The molecule has 1 heterocycles. The molecular weight excluding hydrogens is 352 g/mol. The molecule has 6 heteroatoms. The van der Waals surface area contributed by atoms with Gasteiger partial charge in [0, 0.05) is 37.7 Å². The Bertz CT molecular complexity index is 660. The average Bonchev–Trinajstić information content (AvgIpc) is 3.28. The predicted octanol–water partition coefficient (Wildman–Crippen LogP) is 3.54. The summed E-state index contributed by atoms with van der Waals surface area (Å²) < 4.78 is 0. The van der Waals surface area contributed by atoms with E-state index in [1.807, 2.05) is 18.7 Å². The number of carbonyl (C=O) groups excluding carboxylic acids is 2. The van der Waals surface area contributed by atoms with Gasteiger partial charge < -0.3 is 10.2 Å². The van der Waals surface area contributed by atoms with E-state index in [0.29, 0.717) is 30.5 Å². The van der Waals surface area contributed by atoms with Crippen LogP contribution in [0.5, 0.6) is 0 Å². The zero-order chi connectivity index (χ0) is 19.9. The van der Waals surface area contributed by atoms with Crippen LogP contribution in [0.3, 0.4) is 0 Å². The standard InChI is InChI=1S/C22H34N4O2/c1-3-26(4-2)22(28)19-14-23-15-25-20(19)17-11-9-16(10-12-17)13-24-21(27)18-7-5-6-8-18/h14-18H,3-13H2,1-2H3,(H,24,27). The molecule has 1 aromatic rings. The van der Waals surface area contributed by atoms with E-state index >= 15 is 0 Å². The van der Waals surface area contributed by atoms with Crippen LogP contribution in [0.4, 0.5) is 0 Å². The summed E-state index contributed by atoms with van der Waals surface area (Å²) in [7, 11) is 0. The van der Waals surface area contributed by atoms with Crippen molar-refractivity contribution in [2.75, 3.05) is 19.6 Å². The van der Waals surface area contributed by atoms with E-state index in [4.69, 9.17) is 0 Å². The summed E-state index contributed by atoms with van der Waals surface area (Å²) in [4.78, 5) is 35.5. The summed E-state index contributed by atoms with van der Waals surface area (Å²) in [6.07, 6.45) is 11.9. The maximum atomic E-state index is 12.8. The van der Waals surface area contributed by atoms with Crippen molar-refractivity contribution in [1.82, 2.24) is 20.2 Å². The fourth-order valence-electron chi connectivity index (χ4n) is 4.73. The minimum Gasteiger partial charge on any atom is -0.356 e. The number of aromatic nitrogens is 2. The molecule has 2 saturated carbocycles. The lowest BCUT2D eigenvalue weighted by atomic mass is 9.79. The number of hydrogen-bond acceptors (Lipinski definition) is 4. The molecule has 2 aliphatic carbocycles. The lowest BCUT2D eigenvalue weighted by molar-refractivity contribution is -0.125. The average molecular weight is 387 g/mol. The minimum atomic E-state index is 0.0338. The number of rotatable bonds is 7. The van der Waals surface area contributed by atoms with E-state index < -0.39 is 0 Å². The molecule has 0 aromatic carbocycles. The third kappa shape index (κ3) is 4.89. The van der Waals surface area contributed by atoms with Gasteiger partial charge >= 0.3 is 0 Å². The van der Waals surface area contributed by atoms with Crippen molar-refractivity contribution in [3.8, 4) is 0 Å². The van der Waals surface area contributed by atoms with Gasteiger partial charge in [-0.25, -0.2) is 9.97 Å². The van der Waals surface area contributed by atoms with Crippen LogP contribution in [-0.2, 0) is 4.79 Å². The zero-order valence-corrected chi connectivity index (χ0v) is 17.3. The summed E-state index contributed by atoms with van der Waals surface area (Å²) in [6, 6.07) is 0. The van der Waals surface area contributed by atoms with Crippen LogP contribution < -0.4 is 5.32 Å². The molecule has 0 spiro atoms. The van der Waals surface area contributed by atoms with Crippen molar-refractivity contribution in [3.63, 3.8) is 0 Å². The minimum absolute atomic E-state index is 0.0338. The maximum Gasteiger partial charge on any atom is 0.257 e. The van der Waals surface area contributed by atoms with Gasteiger partial charge in [-0.3, -0.25) is 9.59 Å². The molecule has 28 heavy (non-hydrogen) atoms. The molecule has 0 atom stereocenters. The van der Waals surface area contributed by atoms with Crippen molar-refractivity contribution in [2.45, 2.75) is 71.1 Å². The van der Waals surface area contributed by atoms with Crippen molar-refractivity contribution in [2.24, 2.45) is 11.8 Å². The maximum absolute atomic E-state index is 12.8. The molecule has 0 unspecified atom stereocenters. The largest absolute Gasteiger partial charge is 0.356 e. The summed E-state index contributed by atoms with van der Waals surface area (Å²) in [6.45, 7) is 6.16. The Morgan fingerprint density at radius 1 is 1.07 bits per heavy atom. The van der Waals surface area contributed by atoms with E-state index in [-0.39, 0.29) is 17.7 Å². The first-order valence-corrected chi connectivity index (χ1v) is 11.0. The summed E-state index contributed by atoms with van der Waals surface area (Å²) in [5.41, 5.74) is 1.56. The molecule has 2 amide bonds. The SMILES string of the molecule is CCN(CC)C(=O)c1cncnc1C1CCC(CNC(=O)C2CCCC2)CC1. The topological polar surface area (TPSA) is 75.2 Å². The molecule has 0 saturated heterocycles. The third-order valence-corrected chi connectivity index (χ3v) is 6.55. The van der Waals surface area contributed by atoms with Crippen LogP contribution in [0.2, 0.25) is 0 Å². The molecule has 1 aromatic heterocycles. The summed E-state index contributed by atoms with van der Waals surface area (Å²) >= 11 is 0. The van der Waals surface area contributed by atoms with E-state index in [1.165, 1.54) is 12.8 Å². The van der Waals surface area contributed by atoms with Gasteiger partial charge in [-0.15, -0.1) is 0 Å². The van der Waals surface area contributed by atoms with E-state index in [0.717, 1.165) is 50.8 Å². The highest BCUT2D eigenvalue weighted by Crippen LogP contribution is 2.36. The highest BCUT2D eigenvalue weighted by Gasteiger charge is 2.29. The summed E-state index contributed by atoms with van der Waals surface area (Å²) in [5.74, 6) is 1.37. The van der Waals surface area contributed by atoms with Gasteiger partial charge in [0.1, 0.15) is 6.33 Å². The van der Waals surface area contributed by atoms with E-state index in [2.05, 4.69) is 15.3 Å². The van der Waals surface area contributed by atoms with Crippen LogP contribution in [-0.4, -0.2) is 46.3 Å². The van der Waals surface area contributed by atoms with Crippen molar-refractivity contribution in [1.29, 1.82) is 0 Å².